The van der Waals surface area contributed by atoms with Crippen LogP contribution in [0.15, 0.2) is 59.4 Å². The van der Waals surface area contributed by atoms with E-state index in [0.717, 1.165) is 25.7 Å². The molecule has 0 spiro atoms. The first-order chi connectivity index (χ1) is 16.0. The van der Waals surface area contributed by atoms with E-state index in [1.54, 1.807) is 41.3 Å². The predicted octanol–water partition coefficient (Wildman–Crippen LogP) is 3.54. The van der Waals surface area contributed by atoms with E-state index in [9.17, 15) is 14.4 Å². The lowest BCUT2D eigenvalue weighted by Gasteiger charge is -2.37. The van der Waals surface area contributed by atoms with Crippen LogP contribution in [0, 0.1) is 5.92 Å². The normalized spacial score (nSPS) is 18.3. The van der Waals surface area contributed by atoms with Crippen molar-refractivity contribution in [2.24, 2.45) is 5.92 Å². The zero-order valence-corrected chi connectivity index (χ0v) is 19.2. The monoisotopic (exact) mass is 446 g/mol. The summed E-state index contributed by atoms with van der Waals surface area (Å²) in [5.41, 5.74) is 0.559. The van der Waals surface area contributed by atoms with Crippen LogP contribution in [0.5, 0.6) is 0 Å². The summed E-state index contributed by atoms with van der Waals surface area (Å²) in [6.45, 7) is 5.08. The molecule has 2 aromatic carbocycles. The van der Waals surface area contributed by atoms with Crippen LogP contribution in [0.3, 0.4) is 0 Å². The second-order valence-corrected chi connectivity index (χ2v) is 8.67. The van der Waals surface area contributed by atoms with Crippen molar-refractivity contribution >= 4 is 22.6 Å². The van der Waals surface area contributed by atoms with Crippen molar-refractivity contribution in [1.29, 1.82) is 0 Å². The molecule has 1 fully saturated rings. The molecule has 3 aromatic rings. The molecule has 1 aromatic heterocycles. The van der Waals surface area contributed by atoms with E-state index in [2.05, 4.69) is 17.3 Å². The average molecular weight is 447 g/mol. The van der Waals surface area contributed by atoms with Crippen molar-refractivity contribution in [3.63, 3.8) is 0 Å². The van der Waals surface area contributed by atoms with Crippen LogP contribution in [0.4, 0.5) is 0 Å². The van der Waals surface area contributed by atoms with Crippen molar-refractivity contribution in [3.05, 3.63) is 70.6 Å². The maximum Gasteiger partial charge on any atom is 0.279 e. The van der Waals surface area contributed by atoms with Gasteiger partial charge < -0.3 is 10.2 Å². The molecule has 4 rings (SSSR count). The molecule has 0 radical (unpaired) electrons. The molecule has 2 unspecified atom stereocenters. The number of unbranched alkanes of at least 4 members (excludes halogenated alkanes) is 1. The lowest BCUT2D eigenvalue weighted by Crippen LogP contribution is -2.50. The van der Waals surface area contributed by atoms with E-state index in [1.165, 1.54) is 4.68 Å². The minimum absolute atomic E-state index is 0.000206. The van der Waals surface area contributed by atoms with E-state index in [0.29, 0.717) is 29.5 Å². The van der Waals surface area contributed by atoms with Crippen LogP contribution in [-0.2, 0) is 4.79 Å². The fraction of sp³-hybridized carbons (Fsp3) is 0.385. The van der Waals surface area contributed by atoms with Gasteiger partial charge in [0.2, 0.25) is 5.91 Å². The van der Waals surface area contributed by atoms with Gasteiger partial charge in [-0.25, -0.2) is 0 Å². The molecule has 2 atom stereocenters. The molecule has 0 bridgehead atoms. The SMILES string of the molecule is CCCCNC(=O)C1CCC(C)N(C(=O)c2nn(-c3ccccc3)c(=O)c3ccccc23)C1. The fourth-order valence-corrected chi connectivity index (χ4v) is 4.36. The molecule has 2 heterocycles. The topological polar surface area (TPSA) is 84.3 Å². The van der Waals surface area contributed by atoms with Crippen molar-refractivity contribution in [2.75, 3.05) is 13.1 Å². The number of benzene rings is 2. The van der Waals surface area contributed by atoms with Crippen LogP contribution in [0.1, 0.15) is 50.0 Å². The number of amides is 2. The van der Waals surface area contributed by atoms with Crippen LogP contribution < -0.4 is 10.9 Å². The number of fused-ring (bicyclic) bond motifs is 1. The highest BCUT2D eigenvalue weighted by atomic mass is 16.2. The number of nitrogens with one attached hydrogen (secondary N) is 1. The second kappa shape index (κ2) is 9.98. The minimum Gasteiger partial charge on any atom is -0.356 e. The molecule has 1 aliphatic heterocycles. The zero-order valence-electron chi connectivity index (χ0n) is 19.2. The highest BCUT2D eigenvalue weighted by molar-refractivity contribution is 6.05. The number of piperidine rings is 1. The first kappa shape index (κ1) is 22.7. The highest BCUT2D eigenvalue weighted by Crippen LogP contribution is 2.25. The first-order valence-corrected chi connectivity index (χ1v) is 11.7. The summed E-state index contributed by atoms with van der Waals surface area (Å²) in [5.74, 6) is -0.497. The maximum atomic E-state index is 13.8. The number of hydrogen-bond donors (Lipinski definition) is 1. The summed E-state index contributed by atoms with van der Waals surface area (Å²) in [5, 5.41) is 8.49. The predicted molar refractivity (Wildman–Crippen MR) is 128 cm³/mol. The molecule has 7 nitrogen and oxygen atoms in total. The van der Waals surface area contributed by atoms with Crippen LogP contribution in [-0.4, -0.2) is 45.6 Å². The van der Waals surface area contributed by atoms with Gasteiger partial charge in [-0.15, -0.1) is 0 Å². The van der Waals surface area contributed by atoms with E-state index < -0.39 is 0 Å². The van der Waals surface area contributed by atoms with Crippen LogP contribution in [0.25, 0.3) is 16.5 Å². The van der Waals surface area contributed by atoms with Gasteiger partial charge in [0, 0.05) is 24.5 Å². The quantitative estimate of drug-likeness (QED) is 0.587. The number of aromatic nitrogens is 2. The molecular formula is C26H30N4O3. The molecular weight excluding hydrogens is 416 g/mol. The number of rotatable bonds is 6. The Labute approximate surface area is 193 Å². The van der Waals surface area contributed by atoms with Gasteiger partial charge in [0.05, 0.1) is 17.0 Å². The van der Waals surface area contributed by atoms with Crippen molar-refractivity contribution in [2.45, 2.75) is 45.6 Å². The summed E-state index contributed by atoms with van der Waals surface area (Å²) in [7, 11) is 0. The van der Waals surface area contributed by atoms with Gasteiger partial charge in [0.15, 0.2) is 5.69 Å². The largest absolute Gasteiger partial charge is 0.356 e. The average Bonchev–Trinajstić information content (AvgIpc) is 2.85. The van der Waals surface area contributed by atoms with Gasteiger partial charge in [0.1, 0.15) is 0 Å². The summed E-state index contributed by atoms with van der Waals surface area (Å²) < 4.78 is 1.29. The summed E-state index contributed by atoms with van der Waals surface area (Å²) in [6.07, 6.45) is 3.45. The van der Waals surface area contributed by atoms with E-state index in [4.69, 9.17) is 0 Å². The lowest BCUT2D eigenvalue weighted by atomic mass is 9.92. The number of carbonyl (C=O) groups excluding carboxylic acids is 2. The Bertz CT molecular complexity index is 1210. The molecule has 7 heteroatoms. The van der Waals surface area contributed by atoms with Crippen molar-refractivity contribution in [1.82, 2.24) is 20.0 Å². The lowest BCUT2D eigenvalue weighted by molar-refractivity contribution is -0.126. The Morgan fingerprint density at radius 3 is 2.45 bits per heavy atom. The maximum absolute atomic E-state index is 13.8. The standard InChI is InChI=1S/C26H30N4O3/c1-3-4-16-27-24(31)19-15-14-18(2)29(17-19)26(33)23-21-12-8-9-13-22(21)25(32)30(28-23)20-10-6-5-7-11-20/h5-13,18-19H,3-4,14-17H2,1-2H3,(H,27,31). The Morgan fingerprint density at radius 2 is 1.73 bits per heavy atom. The van der Waals surface area contributed by atoms with E-state index in [-0.39, 0.29) is 35.0 Å². The molecule has 1 aliphatic rings. The molecule has 1 saturated heterocycles. The molecule has 172 valence electrons. The smallest absolute Gasteiger partial charge is 0.279 e. The Balaban J connectivity index is 1.70. The number of likely N-dealkylation sites (tertiary alicyclic amines) is 1. The third kappa shape index (κ3) is 4.67. The van der Waals surface area contributed by atoms with Gasteiger partial charge in [-0.3, -0.25) is 14.4 Å². The fourth-order valence-electron chi connectivity index (χ4n) is 4.36. The highest BCUT2D eigenvalue weighted by Gasteiger charge is 2.34. The third-order valence-corrected chi connectivity index (χ3v) is 6.35. The van der Waals surface area contributed by atoms with E-state index in [1.807, 2.05) is 25.1 Å². The van der Waals surface area contributed by atoms with Gasteiger partial charge >= 0.3 is 0 Å². The van der Waals surface area contributed by atoms with Gasteiger partial charge in [0.25, 0.3) is 11.5 Å². The molecule has 0 saturated carbocycles. The second-order valence-electron chi connectivity index (χ2n) is 8.67. The number of hydrogen-bond acceptors (Lipinski definition) is 4. The van der Waals surface area contributed by atoms with Crippen LogP contribution >= 0.6 is 0 Å². The number of para-hydroxylation sites is 1. The third-order valence-electron chi connectivity index (χ3n) is 6.35. The Hall–Kier alpha value is -3.48. The number of nitrogens with zero attached hydrogens (tertiary/aromatic N) is 3. The molecule has 1 N–H and O–H groups in total. The minimum atomic E-state index is -0.270. The summed E-state index contributed by atoms with van der Waals surface area (Å²) >= 11 is 0. The van der Waals surface area contributed by atoms with E-state index >= 15 is 0 Å². The van der Waals surface area contributed by atoms with Gasteiger partial charge in [-0.2, -0.15) is 9.78 Å². The zero-order chi connectivity index (χ0) is 23.4. The first-order valence-electron chi connectivity index (χ1n) is 11.7. The summed E-state index contributed by atoms with van der Waals surface area (Å²) in [4.78, 5) is 41.3. The number of carbonyl (C=O) groups is 2. The van der Waals surface area contributed by atoms with Crippen molar-refractivity contribution in [3.8, 4) is 5.69 Å². The molecule has 0 aliphatic carbocycles. The Kier molecular flexibility index (Phi) is 6.87. The van der Waals surface area contributed by atoms with Gasteiger partial charge in [-0.05, 0) is 44.4 Å². The molecule has 2 amide bonds. The summed E-state index contributed by atoms with van der Waals surface area (Å²) in [6, 6.07) is 16.1. The van der Waals surface area contributed by atoms with Gasteiger partial charge in [-0.1, -0.05) is 49.7 Å². The molecule has 33 heavy (non-hydrogen) atoms. The van der Waals surface area contributed by atoms with Crippen molar-refractivity contribution < 1.29 is 9.59 Å². The van der Waals surface area contributed by atoms with Crippen LogP contribution in [0.2, 0.25) is 0 Å². The Morgan fingerprint density at radius 1 is 1.03 bits per heavy atom.